The van der Waals surface area contributed by atoms with Crippen molar-refractivity contribution in [3.05, 3.63) is 91.0 Å². The molecule has 2 amide bonds. The lowest BCUT2D eigenvalue weighted by Crippen LogP contribution is -2.28. The Balaban J connectivity index is 1.22. The van der Waals surface area contributed by atoms with Crippen LogP contribution in [0.25, 0.3) is 10.8 Å². The van der Waals surface area contributed by atoms with E-state index in [1.54, 1.807) is 17.0 Å². The van der Waals surface area contributed by atoms with Gasteiger partial charge in [0.1, 0.15) is 17.2 Å². The van der Waals surface area contributed by atoms with Gasteiger partial charge in [-0.15, -0.1) is 0 Å². The average Bonchev–Trinajstić information content (AvgIpc) is 3.27. The van der Waals surface area contributed by atoms with Crippen molar-refractivity contribution < 1.29 is 19.1 Å². The van der Waals surface area contributed by atoms with Crippen molar-refractivity contribution >= 4 is 34.0 Å². The number of carbonyl (C=O) groups excluding carboxylic acids is 2. The normalized spacial score (nSPS) is 15.3. The first-order valence-corrected chi connectivity index (χ1v) is 11.7. The summed E-state index contributed by atoms with van der Waals surface area (Å²) in [6, 6.07) is 28.7. The number of rotatable bonds is 7. The molecule has 0 spiro atoms. The fourth-order valence-electron chi connectivity index (χ4n) is 4.29. The Labute approximate surface area is 204 Å². The van der Waals surface area contributed by atoms with Gasteiger partial charge in [0.15, 0.2) is 0 Å². The van der Waals surface area contributed by atoms with Crippen molar-refractivity contribution in [1.29, 1.82) is 0 Å². The molecule has 1 aliphatic rings. The summed E-state index contributed by atoms with van der Waals surface area (Å²) in [6.45, 7) is 2.72. The van der Waals surface area contributed by atoms with E-state index >= 15 is 0 Å². The standard InChI is InChI=1S/C29H26N2O4/c1-2-34-27-10-6-5-9-26(27)31-19-22(18-28(31)32)29(33)30-23-12-15-24(16-13-23)35-25-14-11-20-7-3-4-8-21(20)17-25/h3-17,22H,2,18-19H2,1H3,(H,30,33)/t22-/m0/s1. The number of nitrogens with zero attached hydrogens (tertiary/aromatic N) is 1. The van der Waals surface area contributed by atoms with Crippen LogP contribution in [0.15, 0.2) is 91.0 Å². The summed E-state index contributed by atoms with van der Waals surface area (Å²) in [6.07, 6.45) is 0.162. The molecule has 1 N–H and O–H groups in total. The summed E-state index contributed by atoms with van der Waals surface area (Å²) in [4.78, 5) is 27.2. The van der Waals surface area contributed by atoms with E-state index < -0.39 is 5.92 Å². The lowest BCUT2D eigenvalue weighted by atomic mass is 10.1. The zero-order valence-corrected chi connectivity index (χ0v) is 19.4. The summed E-state index contributed by atoms with van der Waals surface area (Å²) in [5.74, 6) is 1.36. The second kappa shape index (κ2) is 9.89. The monoisotopic (exact) mass is 466 g/mol. The molecule has 0 bridgehead atoms. The predicted octanol–water partition coefficient (Wildman–Crippen LogP) is 6.02. The van der Waals surface area contributed by atoms with Crippen LogP contribution in [0.4, 0.5) is 11.4 Å². The van der Waals surface area contributed by atoms with Gasteiger partial charge >= 0.3 is 0 Å². The van der Waals surface area contributed by atoms with Crippen LogP contribution in [-0.4, -0.2) is 25.0 Å². The minimum Gasteiger partial charge on any atom is -0.492 e. The van der Waals surface area contributed by atoms with Crippen LogP contribution in [0.2, 0.25) is 0 Å². The van der Waals surface area contributed by atoms with Crippen LogP contribution >= 0.6 is 0 Å². The van der Waals surface area contributed by atoms with E-state index in [2.05, 4.69) is 11.4 Å². The van der Waals surface area contributed by atoms with Gasteiger partial charge in [0.05, 0.1) is 18.2 Å². The van der Waals surface area contributed by atoms with E-state index in [4.69, 9.17) is 9.47 Å². The third-order valence-electron chi connectivity index (χ3n) is 6.03. The Morgan fingerprint density at radius 1 is 0.914 bits per heavy atom. The molecule has 0 radical (unpaired) electrons. The van der Waals surface area contributed by atoms with Gasteiger partial charge in [0.2, 0.25) is 11.8 Å². The van der Waals surface area contributed by atoms with Crippen LogP contribution in [0.3, 0.4) is 0 Å². The van der Waals surface area contributed by atoms with Crippen LogP contribution in [-0.2, 0) is 9.59 Å². The Hall–Kier alpha value is -4.32. The van der Waals surface area contributed by atoms with Gasteiger partial charge in [-0.25, -0.2) is 0 Å². The molecule has 6 nitrogen and oxygen atoms in total. The lowest BCUT2D eigenvalue weighted by molar-refractivity contribution is -0.122. The van der Waals surface area contributed by atoms with E-state index in [1.165, 1.54) is 0 Å². The van der Waals surface area contributed by atoms with Crippen molar-refractivity contribution in [2.75, 3.05) is 23.4 Å². The Kier molecular flexibility index (Phi) is 6.35. The molecule has 1 saturated heterocycles. The molecule has 176 valence electrons. The molecule has 6 heteroatoms. The number of para-hydroxylation sites is 2. The molecule has 1 atom stereocenters. The zero-order valence-electron chi connectivity index (χ0n) is 19.4. The summed E-state index contributed by atoms with van der Waals surface area (Å²) >= 11 is 0. The number of fused-ring (bicyclic) bond motifs is 1. The Bertz CT molecular complexity index is 1370. The van der Waals surface area contributed by atoms with Gasteiger partial charge in [0.25, 0.3) is 0 Å². The molecule has 4 aromatic carbocycles. The van der Waals surface area contributed by atoms with Crippen molar-refractivity contribution in [1.82, 2.24) is 0 Å². The average molecular weight is 467 g/mol. The molecule has 4 aromatic rings. The first kappa shape index (κ1) is 22.5. The molecule has 1 aliphatic heterocycles. The minimum atomic E-state index is -0.439. The van der Waals surface area contributed by atoms with Crippen molar-refractivity contribution in [2.24, 2.45) is 5.92 Å². The van der Waals surface area contributed by atoms with Crippen molar-refractivity contribution in [3.63, 3.8) is 0 Å². The maximum atomic E-state index is 12.9. The highest BCUT2D eigenvalue weighted by molar-refractivity contribution is 6.04. The second-order valence-electron chi connectivity index (χ2n) is 8.43. The third-order valence-corrected chi connectivity index (χ3v) is 6.03. The van der Waals surface area contributed by atoms with E-state index in [1.807, 2.05) is 79.7 Å². The van der Waals surface area contributed by atoms with Crippen LogP contribution < -0.4 is 19.7 Å². The summed E-state index contributed by atoms with van der Waals surface area (Å²) < 4.78 is 11.6. The highest BCUT2D eigenvalue weighted by Crippen LogP contribution is 2.33. The largest absolute Gasteiger partial charge is 0.492 e. The molecule has 0 aliphatic carbocycles. The highest BCUT2D eigenvalue weighted by Gasteiger charge is 2.36. The summed E-state index contributed by atoms with van der Waals surface area (Å²) in [5, 5.41) is 5.19. The minimum absolute atomic E-state index is 0.0866. The van der Waals surface area contributed by atoms with Crippen molar-refractivity contribution in [2.45, 2.75) is 13.3 Å². The molecule has 0 unspecified atom stereocenters. The lowest BCUT2D eigenvalue weighted by Gasteiger charge is -2.20. The summed E-state index contributed by atoms with van der Waals surface area (Å²) in [7, 11) is 0. The van der Waals surface area contributed by atoms with Crippen LogP contribution in [0.1, 0.15) is 13.3 Å². The van der Waals surface area contributed by atoms with E-state index in [0.29, 0.717) is 36.0 Å². The first-order chi connectivity index (χ1) is 17.1. The number of ether oxygens (including phenoxy) is 2. The maximum absolute atomic E-state index is 12.9. The highest BCUT2D eigenvalue weighted by atomic mass is 16.5. The van der Waals surface area contributed by atoms with Gasteiger partial charge in [-0.1, -0.05) is 42.5 Å². The zero-order chi connectivity index (χ0) is 24.2. The fourth-order valence-corrected chi connectivity index (χ4v) is 4.29. The van der Waals surface area contributed by atoms with Gasteiger partial charge in [-0.2, -0.15) is 0 Å². The van der Waals surface area contributed by atoms with Gasteiger partial charge in [0, 0.05) is 18.7 Å². The number of carbonyl (C=O) groups is 2. The SMILES string of the molecule is CCOc1ccccc1N1C[C@@H](C(=O)Nc2ccc(Oc3ccc4ccccc4c3)cc2)CC1=O. The van der Waals surface area contributed by atoms with Gasteiger partial charge in [-0.05, 0) is 66.2 Å². The van der Waals surface area contributed by atoms with Crippen LogP contribution in [0.5, 0.6) is 17.2 Å². The Morgan fingerprint density at radius 2 is 1.63 bits per heavy atom. The van der Waals surface area contributed by atoms with Gasteiger partial charge in [-0.3, -0.25) is 9.59 Å². The quantitative estimate of drug-likeness (QED) is 0.362. The number of hydrogen-bond acceptors (Lipinski definition) is 4. The molecule has 0 saturated carbocycles. The first-order valence-electron chi connectivity index (χ1n) is 11.7. The number of amides is 2. The Morgan fingerprint density at radius 3 is 2.43 bits per heavy atom. The molecule has 0 aromatic heterocycles. The van der Waals surface area contributed by atoms with Gasteiger partial charge < -0.3 is 19.7 Å². The smallest absolute Gasteiger partial charge is 0.229 e. The molecule has 5 rings (SSSR count). The molecule has 35 heavy (non-hydrogen) atoms. The topological polar surface area (TPSA) is 67.9 Å². The number of benzene rings is 4. The molecular weight excluding hydrogens is 440 g/mol. The van der Waals surface area contributed by atoms with Crippen molar-refractivity contribution in [3.8, 4) is 17.2 Å². The van der Waals surface area contributed by atoms with Crippen LogP contribution in [0, 0.1) is 5.92 Å². The third kappa shape index (κ3) is 4.96. The molecular formula is C29H26N2O4. The van der Waals surface area contributed by atoms with E-state index in [-0.39, 0.29) is 18.2 Å². The molecule has 1 fully saturated rings. The number of nitrogens with one attached hydrogen (secondary N) is 1. The van der Waals surface area contributed by atoms with E-state index in [9.17, 15) is 9.59 Å². The number of anilines is 2. The maximum Gasteiger partial charge on any atom is 0.229 e. The second-order valence-corrected chi connectivity index (χ2v) is 8.43. The fraction of sp³-hybridized carbons (Fsp3) is 0.172. The van der Waals surface area contributed by atoms with E-state index in [0.717, 1.165) is 16.5 Å². The molecule has 1 heterocycles. The number of hydrogen-bond donors (Lipinski definition) is 1. The predicted molar refractivity (Wildman–Crippen MR) is 137 cm³/mol. The summed E-state index contributed by atoms with van der Waals surface area (Å²) in [5.41, 5.74) is 1.35.